The lowest BCUT2D eigenvalue weighted by Crippen LogP contribution is -1.57. The lowest BCUT2D eigenvalue weighted by Gasteiger charge is -1.68. The van der Waals surface area contributed by atoms with Crippen molar-refractivity contribution in [3.63, 3.8) is 0 Å². The second kappa shape index (κ2) is 1.97. The van der Waals surface area contributed by atoms with Crippen molar-refractivity contribution in [1.29, 1.82) is 5.26 Å². The Kier molecular flexibility index (Phi) is 1.32. The molecule has 0 saturated carbocycles. The van der Waals surface area contributed by atoms with Crippen LogP contribution in [0.5, 0.6) is 0 Å². The highest BCUT2D eigenvalue weighted by atomic mass is 32.1. The zero-order valence-electron chi connectivity index (χ0n) is 4.51. The van der Waals surface area contributed by atoms with Crippen LogP contribution in [0.4, 0.5) is 0 Å². The average Bonchev–Trinajstić information content (AvgIpc) is 2.14. The highest BCUT2D eigenvalue weighted by molar-refractivity contribution is 7.10. The Morgan fingerprint density at radius 3 is 2.75 bits per heavy atom. The molecule has 0 aliphatic rings. The number of nitrogens with zero attached hydrogens (tertiary/aromatic N) is 1. The monoisotopic (exact) mass is 123 g/mol. The van der Waals surface area contributed by atoms with E-state index in [4.69, 9.17) is 5.26 Å². The number of nitriles is 1. The van der Waals surface area contributed by atoms with Crippen LogP contribution in [0.15, 0.2) is 11.4 Å². The maximum absolute atomic E-state index is 8.31. The molecule has 0 N–H and O–H groups in total. The molecule has 8 heavy (non-hydrogen) atoms. The third-order valence-corrected chi connectivity index (χ3v) is 1.72. The van der Waals surface area contributed by atoms with Crippen LogP contribution in [-0.4, -0.2) is 0 Å². The van der Waals surface area contributed by atoms with Gasteiger partial charge in [-0.1, -0.05) is 0 Å². The van der Waals surface area contributed by atoms with Gasteiger partial charge in [-0.25, -0.2) is 0 Å². The van der Waals surface area contributed by atoms with Gasteiger partial charge in [-0.15, -0.1) is 11.3 Å². The second-order valence-corrected chi connectivity index (χ2v) is 2.67. The molecule has 2 heteroatoms. The number of rotatable bonds is 0. The van der Waals surface area contributed by atoms with Crippen LogP contribution in [0.1, 0.15) is 10.4 Å². The van der Waals surface area contributed by atoms with Crippen LogP contribution in [0, 0.1) is 18.3 Å². The van der Waals surface area contributed by atoms with Crippen LogP contribution in [0.3, 0.4) is 0 Å². The van der Waals surface area contributed by atoms with E-state index in [-0.39, 0.29) is 0 Å². The Morgan fingerprint density at radius 2 is 2.50 bits per heavy atom. The summed E-state index contributed by atoms with van der Waals surface area (Å²) < 4.78 is 0. The van der Waals surface area contributed by atoms with E-state index in [2.05, 4.69) is 6.07 Å². The molecule has 0 fully saturated rings. The molecule has 0 aliphatic heterocycles. The van der Waals surface area contributed by atoms with Gasteiger partial charge in [0.05, 0.1) is 11.6 Å². The van der Waals surface area contributed by atoms with Crippen LogP contribution in [0.25, 0.3) is 0 Å². The van der Waals surface area contributed by atoms with Crippen molar-refractivity contribution >= 4 is 11.3 Å². The zero-order chi connectivity index (χ0) is 5.98. The van der Waals surface area contributed by atoms with Crippen molar-refractivity contribution in [1.82, 2.24) is 0 Å². The number of hydrogen-bond donors (Lipinski definition) is 0. The van der Waals surface area contributed by atoms with Crippen LogP contribution < -0.4 is 0 Å². The van der Waals surface area contributed by atoms with Crippen molar-refractivity contribution in [2.45, 2.75) is 6.92 Å². The predicted octanol–water partition coefficient (Wildman–Crippen LogP) is 1.93. The summed E-state index contributed by atoms with van der Waals surface area (Å²) in [7, 11) is 0. The smallest absolute Gasteiger partial charge is 0.1000 e. The lowest BCUT2D eigenvalue weighted by molar-refractivity contribution is 1.50. The molecule has 1 rings (SSSR count). The Bertz CT molecular complexity index is 219. The summed E-state index contributed by atoms with van der Waals surface area (Å²) in [5, 5.41) is 10.2. The Morgan fingerprint density at radius 1 is 1.75 bits per heavy atom. The minimum Gasteiger partial charge on any atom is -0.192 e. The summed E-state index contributed by atoms with van der Waals surface area (Å²) in [5.41, 5.74) is 0.771. The summed E-state index contributed by atoms with van der Waals surface area (Å²) in [4.78, 5) is 1.20. The van der Waals surface area contributed by atoms with Crippen molar-refractivity contribution < 1.29 is 0 Å². The van der Waals surface area contributed by atoms with E-state index in [1.807, 2.05) is 18.4 Å². The summed E-state index contributed by atoms with van der Waals surface area (Å²) in [5.74, 6) is 0. The topological polar surface area (TPSA) is 23.8 Å². The van der Waals surface area contributed by atoms with Gasteiger partial charge < -0.3 is 0 Å². The Balaban J connectivity index is 3.05. The fourth-order valence-corrected chi connectivity index (χ4v) is 1.13. The fourth-order valence-electron chi connectivity index (χ4n) is 0.502. The van der Waals surface area contributed by atoms with Crippen molar-refractivity contribution in [2.24, 2.45) is 0 Å². The maximum atomic E-state index is 8.31. The standard InChI is InChI=1S/C6H5NS/c1-5-2-6(3-7)4-8-5/h2,4H,1H3. The fraction of sp³-hybridized carbons (Fsp3) is 0.167. The molecule has 0 aliphatic carbocycles. The van der Waals surface area contributed by atoms with Crippen molar-refractivity contribution in [3.8, 4) is 6.07 Å². The SMILES string of the molecule is Cc1cc(C#N)cs1. The van der Waals surface area contributed by atoms with Crippen molar-refractivity contribution in [2.75, 3.05) is 0 Å². The van der Waals surface area contributed by atoms with Gasteiger partial charge in [-0.3, -0.25) is 0 Å². The van der Waals surface area contributed by atoms with Crippen LogP contribution in [0.2, 0.25) is 0 Å². The molecule has 0 unspecified atom stereocenters. The molecule has 0 radical (unpaired) electrons. The van der Waals surface area contributed by atoms with E-state index in [0.717, 1.165) is 5.56 Å². The summed E-state index contributed by atoms with van der Waals surface area (Å²) >= 11 is 1.61. The van der Waals surface area contributed by atoms with Gasteiger partial charge >= 0.3 is 0 Å². The first-order chi connectivity index (χ1) is 3.83. The molecule has 40 valence electrons. The highest BCUT2D eigenvalue weighted by Gasteiger charge is 1.89. The van der Waals surface area contributed by atoms with Gasteiger partial charge in [-0.05, 0) is 13.0 Å². The van der Waals surface area contributed by atoms with E-state index >= 15 is 0 Å². The molecule has 0 amide bonds. The molecule has 1 aromatic heterocycles. The average molecular weight is 123 g/mol. The second-order valence-electron chi connectivity index (χ2n) is 1.56. The van der Waals surface area contributed by atoms with Gasteiger partial charge in [0.25, 0.3) is 0 Å². The first-order valence-electron chi connectivity index (χ1n) is 2.28. The predicted molar refractivity (Wildman–Crippen MR) is 33.8 cm³/mol. The minimum absolute atomic E-state index is 0.771. The van der Waals surface area contributed by atoms with E-state index in [9.17, 15) is 0 Å². The highest BCUT2D eigenvalue weighted by Crippen LogP contribution is 2.10. The quantitative estimate of drug-likeness (QED) is 0.517. The van der Waals surface area contributed by atoms with E-state index in [1.165, 1.54) is 4.88 Å². The van der Waals surface area contributed by atoms with Crippen LogP contribution in [-0.2, 0) is 0 Å². The molecule has 0 saturated heterocycles. The largest absolute Gasteiger partial charge is 0.192 e. The molecular weight excluding hydrogens is 118 g/mol. The molecule has 1 heterocycles. The summed E-state index contributed by atoms with van der Waals surface area (Å²) in [6, 6.07) is 3.94. The molecule has 1 aromatic rings. The number of hydrogen-bond acceptors (Lipinski definition) is 2. The summed E-state index contributed by atoms with van der Waals surface area (Å²) in [6.07, 6.45) is 0. The van der Waals surface area contributed by atoms with E-state index in [1.54, 1.807) is 11.3 Å². The van der Waals surface area contributed by atoms with Crippen molar-refractivity contribution in [3.05, 3.63) is 21.9 Å². The number of aryl methyl sites for hydroxylation is 1. The Labute approximate surface area is 52.2 Å². The third kappa shape index (κ3) is 0.877. The minimum atomic E-state index is 0.771. The summed E-state index contributed by atoms with van der Waals surface area (Å²) in [6.45, 7) is 1.99. The van der Waals surface area contributed by atoms with Gasteiger partial charge in [0.15, 0.2) is 0 Å². The Hall–Kier alpha value is -0.810. The zero-order valence-corrected chi connectivity index (χ0v) is 5.33. The molecule has 0 aromatic carbocycles. The van der Waals surface area contributed by atoms with Gasteiger partial charge in [0.2, 0.25) is 0 Å². The first kappa shape index (κ1) is 5.33. The molecule has 1 nitrogen and oxygen atoms in total. The maximum Gasteiger partial charge on any atom is 0.1000 e. The third-order valence-electron chi connectivity index (χ3n) is 0.860. The molecule has 0 spiro atoms. The molecule has 0 atom stereocenters. The van der Waals surface area contributed by atoms with Gasteiger partial charge in [0.1, 0.15) is 0 Å². The first-order valence-corrected chi connectivity index (χ1v) is 3.16. The molecule has 0 bridgehead atoms. The molecular formula is C6H5NS. The normalized spacial score (nSPS) is 8.50. The lowest BCUT2D eigenvalue weighted by atomic mass is 10.3. The number of thiophene rings is 1. The van der Waals surface area contributed by atoms with E-state index in [0.29, 0.717) is 0 Å². The van der Waals surface area contributed by atoms with Gasteiger partial charge in [-0.2, -0.15) is 5.26 Å². The van der Waals surface area contributed by atoms with E-state index < -0.39 is 0 Å². The van der Waals surface area contributed by atoms with Gasteiger partial charge in [0, 0.05) is 10.3 Å². The van der Waals surface area contributed by atoms with Crippen LogP contribution >= 0.6 is 11.3 Å².